The highest BCUT2D eigenvalue weighted by molar-refractivity contribution is 5.94. The highest BCUT2D eigenvalue weighted by atomic mass is 16.1. The predicted octanol–water partition coefficient (Wildman–Crippen LogP) is 2.85. The van der Waals surface area contributed by atoms with Crippen molar-refractivity contribution in [2.45, 2.75) is 38.3 Å². The highest BCUT2D eigenvalue weighted by Crippen LogP contribution is 2.44. The molecule has 1 N–H and O–H groups in total. The van der Waals surface area contributed by atoms with Crippen LogP contribution in [0.2, 0.25) is 0 Å². The second-order valence-electron chi connectivity index (χ2n) is 6.59. The molecule has 1 aromatic heterocycles. The molecule has 2 fully saturated rings. The molecule has 0 spiro atoms. The van der Waals surface area contributed by atoms with Crippen molar-refractivity contribution in [3.8, 4) is 0 Å². The molecule has 2 aliphatic carbocycles. The summed E-state index contributed by atoms with van der Waals surface area (Å²) in [4.78, 5) is 12.4. The zero-order valence-electron chi connectivity index (χ0n) is 12.6. The third kappa shape index (κ3) is 3.06. The molecule has 4 heteroatoms. The first-order valence-electron chi connectivity index (χ1n) is 8.17. The number of amides is 1. The Morgan fingerprint density at radius 1 is 1.18 bits per heavy atom. The summed E-state index contributed by atoms with van der Waals surface area (Å²) >= 11 is 0. The van der Waals surface area contributed by atoms with Crippen LogP contribution in [0.1, 0.15) is 41.6 Å². The van der Waals surface area contributed by atoms with Crippen LogP contribution >= 0.6 is 0 Å². The van der Waals surface area contributed by atoms with Crippen LogP contribution in [-0.4, -0.2) is 21.7 Å². The van der Waals surface area contributed by atoms with Gasteiger partial charge in [0.1, 0.15) is 0 Å². The lowest BCUT2D eigenvalue weighted by Crippen LogP contribution is -2.37. The van der Waals surface area contributed by atoms with Crippen molar-refractivity contribution in [1.82, 2.24) is 15.1 Å². The average molecular weight is 295 g/mol. The average Bonchev–Trinajstić information content (AvgIpc) is 3.45. The summed E-state index contributed by atoms with van der Waals surface area (Å²) in [5.74, 6) is 1.47. The molecule has 1 aromatic carbocycles. The molecular formula is C18H21N3O. The highest BCUT2D eigenvalue weighted by Gasteiger charge is 2.42. The zero-order chi connectivity index (χ0) is 14.9. The fourth-order valence-electron chi connectivity index (χ4n) is 3.10. The van der Waals surface area contributed by atoms with Crippen molar-refractivity contribution in [3.63, 3.8) is 0 Å². The van der Waals surface area contributed by atoms with Crippen molar-refractivity contribution in [1.29, 1.82) is 0 Å². The minimum absolute atomic E-state index is 0.0307. The van der Waals surface area contributed by atoms with Crippen LogP contribution in [0.25, 0.3) is 0 Å². The fourth-order valence-corrected chi connectivity index (χ4v) is 3.10. The Morgan fingerprint density at radius 3 is 2.50 bits per heavy atom. The molecule has 4 nitrogen and oxygen atoms in total. The quantitative estimate of drug-likeness (QED) is 0.890. The molecule has 1 amide bonds. The second-order valence-corrected chi connectivity index (χ2v) is 6.59. The molecule has 4 rings (SSSR count). The summed E-state index contributed by atoms with van der Waals surface area (Å²) in [6, 6.07) is 10.6. The Bertz CT molecular complexity index is 644. The molecule has 22 heavy (non-hydrogen) atoms. The van der Waals surface area contributed by atoms with Crippen molar-refractivity contribution in [3.05, 3.63) is 53.9 Å². The number of hydrogen-bond donors (Lipinski definition) is 1. The first kappa shape index (κ1) is 13.6. The van der Waals surface area contributed by atoms with E-state index in [1.54, 1.807) is 6.20 Å². The van der Waals surface area contributed by atoms with Crippen LogP contribution in [-0.2, 0) is 6.54 Å². The van der Waals surface area contributed by atoms with Crippen molar-refractivity contribution in [2.75, 3.05) is 0 Å². The van der Waals surface area contributed by atoms with E-state index in [1.165, 1.54) is 31.2 Å². The first-order chi connectivity index (χ1) is 10.8. The van der Waals surface area contributed by atoms with Gasteiger partial charge < -0.3 is 5.32 Å². The number of carbonyl (C=O) groups is 1. The van der Waals surface area contributed by atoms with Gasteiger partial charge in [-0.15, -0.1) is 0 Å². The molecule has 114 valence electrons. The Labute approximate surface area is 130 Å². The van der Waals surface area contributed by atoms with Crippen LogP contribution in [0.5, 0.6) is 0 Å². The summed E-state index contributed by atoms with van der Waals surface area (Å²) < 4.78 is 1.83. The number of hydrogen-bond acceptors (Lipinski definition) is 2. The van der Waals surface area contributed by atoms with Crippen molar-refractivity contribution >= 4 is 5.91 Å². The van der Waals surface area contributed by atoms with E-state index in [1.807, 2.05) is 29.1 Å². The van der Waals surface area contributed by atoms with Crippen molar-refractivity contribution < 1.29 is 4.79 Å². The van der Waals surface area contributed by atoms with E-state index in [0.29, 0.717) is 18.2 Å². The molecule has 0 bridgehead atoms. The van der Waals surface area contributed by atoms with Gasteiger partial charge in [0.05, 0.1) is 18.3 Å². The Balaban J connectivity index is 1.41. The molecule has 2 aliphatic rings. The van der Waals surface area contributed by atoms with Crippen LogP contribution in [0.4, 0.5) is 0 Å². The standard InChI is InChI=1S/C18H21N3O/c22-18(20-17(14-6-7-14)15-8-9-15)16-10-19-21(12-16)11-13-4-2-1-3-5-13/h1-5,10,12,14-15,17H,6-9,11H2,(H,20,22). The van der Waals surface area contributed by atoms with E-state index in [0.717, 1.165) is 11.8 Å². The SMILES string of the molecule is O=C(NC(C1CC1)C1CC1)c1cnn(Cc2ccccc2)c1. The predicted molar refractivity (Wildman–Crippen MR) is 84.5 cm³/mol. The normalized spacial score (nSPS) is 17.7. The van der Waals surface area contributed by atoms with Gasteiger partial charge in [-0.2, -0.15) is 5.10 Å². The van der Waals surface area contributed by atoms with Gasteiger partial charge >= 0.3 is 0 Å². The van der Waals surface area contributed by atoms with Crippen LogP contribution in [0.15, 0.2) is 42.7 Å². The van der Waals surface area contributed by atoms with Gasteiger partial charge in [-0.3, -0.25) is 9.48 Å². The molecular weight excluding hydrogens is 274 g/mol. The minimum atomic E-state index is 0.0307. The van der Waals surface area contributed by atoms with Crippen LogP contribution < -0.4 is 5.32 Å². The summed E-state index contributed by atoms with van der Waals surface area (Å²) in [5, 5.41) is 7.56. The van der Waals surface area contributed by atoms with Gasteiger partial charge in [0, 0.05) is 12.2 Å². The van der Waals surface area contributed by atoms with E-state index in [4.69, 9.17) is 0 Å². The lowest BCUT2D eigenvalue weighted by atomic mass is 10.1. The minimum Gasteiger partial charge on any atom is -0.349 e. The summed E-state index contributed by atoms with van der Waals surface area (Å²) in [6.07, 6.45) is 8.61. The maximum absolute atomic E-state index is 12.4. The third-order valence-corrected chi connectivity index (χ3v) is 4.64. The summed E-state index contributed by atoms with van der Waals surface area (Å²) in [5.41, 5.74) is 1.86. The molecule has 2 saturated carbocycles. The molecule has 0 saturated heterocycles. The van der Waals surface area contributed by atoms with E-state index < -0.39 is 0 Å². The monoisotopic (exact) mass is 295 g/mol. The third-order valence-electron chi connectivity index (χ3n) is 4.64. The van der Waals surface area contributed by atoms with Gasteiger partial charge in [-0.05, 0) is 43.1 Å². The lowest BCUT2D eigenvalue weighted by molar-refractivity contribution is 0.0926. The van der Waals surface area contributed by atoms with Crippen LogP contribution in [0, 0.1) is 11.8 Å². The fraction of sp³-hybridized carbons (Fsp3) is 0.444. The van der Waals surface area contributed by atoms with Gasteiger partial charge in [-0.25, -0.2) is 0 Å². The topological polar surface area (TPSA) is 46.9 Å². The van der Waals surface area contributed by atoms with Gasteiger partial charge in [0.2, 0.25) is 0 Å². The van der Waals surface area contributed by atoms with E-state index in [9.17, 15) is 4.79 Å². The smallest absolute Gasteiger partial charge is 0.254 e. The number of nitrogens with zero attached hydrogens (tertiary/aromatic N) is 2. The lowest BCUT2D eigenvalue weighted by Gasteiger charge is -2.16. The van der Waals surface area contributed by atoms with Gasteiger partial charge in [0.15, 0.2) is 0 Å². The molecule has 0 atom stereocenters. The molecule has 2 aromatic rings. The molecule has 0 aliphatic heterocycles. The van der Waals surface area contributed by atoms with E-state index in [-0.39, 0.29) is 5.91 Å². The molecule has 1 heterocycles. The Hall–Kier alpha value is -2.10. The Morgan fingerprint density at radius 2 is 1.86 bits per heavy atom. The maximum Gasteiger partial charge on any atom is 0.254 e. The van der Waals surface area contributed by atoms with Crippen LogP contribution in [0.3, 0.4) is 0 Å². The van der Waals surface area contributed by atoms with E-state index >= 15 is 0 Å². The number of aromatic nitrogens is 2. The number of rotatable bonds is 6. The van der Waals surface area contributed by atoms with Gasteiger partial charge in [-0.1, -0.05) is 30.3 Å². The number of carbonyl (C=O) groups excluding carboxylic acids is 1. The number of benzene rings is 1. The molecule has 0 radical (unpaired) electrons. The largest absolute Gasteiger partial charge is 0.349 e. The summed E-state index contributed by atoms with van der Waals surface area (Å²) in [7, 11) is 0. The molecule has 0 unspecified atom stereocenters. The maximum atomic E-state index is 12.4. The number of nitrogens with one attached hydrogen (secondary N) is 1. The summed E-state index contributed by atoms with van der Waals surface area (Å²) in [6.45, 7) is 0.697. The van der Waals surface area contributed by atoms with Crippen molar-refractivity contribution in [2.24, 2.45) is 11.8 Å². The zero-order valence-corrected chi connectivity index (χ0v) is 12.6. The Kier molecular flexibility index (Phi) is 3.45. The second kappa shape index (κ2) is 5.59. The first-order valence-corrected chi connectivity index (χ1v) is 8.17. The van der Waals surface area contributed by atoms with E-state index in [2.05, 4.69) is 22.5 Å². The van der Waals surface area contributed by atoms with Gasteiger partial charge in [0.25, 0.3) is 5.91 Å².